The fourth-order valence-electron chi connectivity index (χ4n) is 4.62. The van der Waals surface area contributed by atoms with Crippen LogP contribution in [-0.2, 0) is 16.8 Å². The van der Waals surface area contributed by atoms with Gasteiger partial charge in [0, 0.05) is 36.2 Å². The molecule has 0 N–H and O–H groups in total. The average molecular weight is 541 g/mol. The van der Waals surface area contributed by atoms with Gasteiger partial charge in [-0.25, -0.2) is 13.6 Å². The molecule has 0 aliphatic carbocycles. The standard InChI is InChI=1S/C29H27ClF2N2O4/c1-28(2,3)38-27(35)34(4)16-29(18-9-7-6-8-10-18)14-19-22(37-29)13-20(31)25(30)24(19)23-17(15-33)11-12-21(36-5)26(23)32/h6-13H,14,16H2,1-5H3/t29-/m1/s1. The van der Waals surface area contributed by atoms with E-state index in [4.69, 9.17) is 25.8 Å². The van der Waals surface area contributed by atoms with Crippen LogP contribution in [0.4, 0.5) is 13.6 Å². The smallest absolute Gasteiger partial charge is 0.410 e. The number of hydrogen-bond acceptors (Lipinski definition) is 5. The molecule has 4 rings (SSSR count). The Kier molecular flexibility index (Phi) is 7.26. The van der Waals surface area contributed by atoms with Gasteiger partial charge in [-0.3, -0.25) is 0 Å². The molecule has 1 heterocycles. The molecule has 0 spiro atoms. The number of halogens is 3. The molecule has 0 aromatic heterocycles. The van der Waals surface area contributed by atoms with Crippen LogP contribution in [0.2, 0.25) is 5.02 Å². The highest BCUT2D eigenvalue weighted by Gasteiger charge is 2.46. The van der Waals surface area contributed by atoms with E-state index in [1.165, 1.54) is 24.1 Å². The second-order valence-electron chi connectivity index (χ2n) is 10.1. The SMILES string of the molecule is COc1ccc(C#N)c(-c2c(Cl)c(F)cc3c2C[C@@](CN(C)C(=O)OC(C)(C)C)(c2ccccc2)O3)c1F. The van der Waals surface area contributed by atoms with Crippen molar-refractivity contribution in [3.8, 4) is 28.7 Å². The minimum Gasteiger partial charge on any atom is -0.494 e. The van der Waals surface area contributed by atoms with Crippen molar-refractivity contribution in [1.82, 2.24) is 4.90 Å². The number of nitriles is 1. The van der Waals surface area contributed by atoms with E-state index >= 15 is 8.78 Å². The zero-order valence-corrected chi connectivity index (χ0v) is 22.5. The van der Waals surface area contributed by atoms with Gasteiger partial charge in [-0.2, -0.15) is 5.26 Å². The summed E-state index contributed by atoms with van der Waals surface area (Å²) in [7, 11) is 2.87. The molecule has 1 amide bonds. The Balaban J connectivity index is 1.90. The van der Waals surface area contributed by atoms with E-state index in [-0.39, 0.29) is 46.2 Å². The Bertz CT molecular complexity index is 1430. The fraction of sp³-hybridized carbons (Fsp3) is 0.310. The molecule has 3 aromatic carbocycles. The second-order valence-corrected chi connectivity index (χ2v) is 10.5. The molecule has 6 nitrogen and oxygen atoms in total. The van der Waals surface area contributed by atoms with Gasteiger partial charge in [0.05, 0.1) is 30.3 Å². The summed E-state index contributed by atoms with van der Waals surface area (Å²) in [5, 5.41) is 9.40. The van der Waals surface area contributed by atoms with Crippen LogP contribution in [0, 0.1) is 23.0 Å². The minimum atomic E-state index is -1.18. The summed E-state index contributed by atoms with van der Waals surface area (Å²) in [5.41, 5.74) is -0.994. The second kappa shape index (κ2) is 10.1. The summed E-state index contributed by atoms with van der Waals surface area (Å²) < 4.78 is 47.8. The number of likely N-dealkylation sites (N-methyl/N-ethyl adjacent to an activating group) is 1. The van der Waals surface area contributed by atoms with Crippen molar-refractivity contribution in [3.63, 3.8) is 0 Å². The van der Waals surface area contributed by atoms with Gasteiger partial charge in [-0.05, 0) is 38.5 Å². The highest BCUT2D eigenvalue weighted by molar-refractivity contribution is 6.34. The minimum absolute atomic E-state index is 0.00680. The van der Waals surface area contributed by atoms with Crippen LogP contribution >= 0.6 is 11.6 Å². The molecule has 9 heteroatoms. The number of carbonyl (C=O) groups excluding carboxylic acids is 1. The number of nitrogens with zero attached hydrogens (tertiary/aromatic N) is 2. The monoisotopic (exact) mass is 540 g/mol. The number of rotatable bonds is 5. The van der Waals surface area contributed by atoms with E-state index in [0.717, 1.165) is 6.07 Å². The zero-order valence-electron chi connectivity index (χ0n) is 21.7. The van der Waals surface area contributed by atoms with Gasteiger partial charge in [0.2, 0.25) is 0 Å². The third kappa shape index (κ3) is 4.99. The summed E-state index contributed by atoms with van der Waals surface area (Å²) in [4.78, 5) is 14.2. The average Bonchev–Trinajstić information content (AvgIpc) is 3.23. The van der Waals surface area contributed by atoms with E-state index in [1.54, 1.807) is 27.8 Å². The predicted octanol–water partition coefficient (Wildman–Crippen LogP) is 6.86. The summed E-state index contributed by atoms with van der Waals surface area (Å²) in [6.07, 6.45) is -0.460. The molecule has 0 bridgehead atoms. The van der Waals surface area contributed by atoms with Crippen molar-refractivity contribution in [3.05, 3.63) is 81.9 Å². The molecular formula is C29H27ClF2N2O4. The Morgan fingerprint density at radius 2 is 1.87 bits per heavy atom. The van der Waals surface area contributed by atoms with Crippen LogP contribution in [0.15, 0.2) is 48.5 Å². The molecule has 1 aliphatic heterocycles. The lowest BCUT2D eigenvalue weighted by molar-refractivity contribution is 0.00577. The van der Waals surface area contributed by atoms with Crippen molar-refractivity contribution in [2.24, 2.45) is 0 Å². The van der Waals surface area contributed by atoms with E-state index < -0.39 is 28.9 Å². The van der Waals surface area contributed by atoms with Crippen LogP contribution in [0.3, 0.4) is 0 Å². The van der Waals surface area contributed by atoms with E-state index in [0.29, 0.717) is 11.1 Å². The first-order valence-corrected chi connectivity index (χ1v) is 12.2. The van der Waals surface area contributed by atoms with Gasteiger partial charge in [-0.1, -0.05) is 41.9 Å². The number of carbonyl (C=O) groups is 1. The van der Waals surface area contributed by atoms with Crippen molar-refractivity contribution >= 4 is 17.7 Å². The third-order valence-corrected chi connectivity index (χ3v) is 6.62. The lowest BCUT2D eigenvalue weighted by Gasteiger charge is -2.34. The number of methoxy groups -OCH3 is 1. The van der Waals surface area contributed by atoms with Gasteiger partial charge < -0.3 is 19.1 Å². The van der Waals surface area contributed by atoms with E-state index in [2.05, 4.69) is 0 Å². The largest absolute Gasteiger partial charge is 0.494 e. The fourth-order valence-corrected chi connectivity index (χ4v) is 4.89. The first kappa shape index (κ1) is 27.2. The Hall–Kier alpha value is -3.83. The summed E-state index contributed by atoms with van der Waals surface area (Å²) in [5.74, 6) is -1.67. The van der Waals surface area contributed by atoms with E-state index in [9.17, 15) is 10.1 Å². The van der Waals surface area contributed by atoms with Crippen molar-refractivity contribution in [2.45, 2.75) is 38.4 Å². The number of benzene rings is 3. The van der Waals surface area contributed by atoms with Crippen LogP contribution < -0.4 is 9.47 Å². The van der Waals surface area contributed by atoms with Crippen LogP contribution in [0.1, 0.15) is 37.5 Å². The quantitative estimate of drug-likeness (QED) is 0.353. The molecule has 0 unspecified atom stereocenters. The van der Waals surface area contributed by atoms with Crippen molar-refractivity contribution in [2.75, 3.05) is 20.7 Å². The van der Waals surface area contributed by atoms with Gasteiger partial charge in [0.1, 0.15) is 17.2 Å². The van der Waals surface area contributed by atoms with Crippen molar-refractivity contribution < 1.29 is 27.8 Å². The maximum Gasteiger partial charge on any atom is 0.410 e. The van der Waals surface area contributed by atoms with Crippen molar-refractivity contribution in [1.29, 1.82) is 5.26 Å². The predicted molar refractivity (Wildman–Crippen MR) is 139 cm³/mol. The molecule has 0 saturated carbocycles. The van der Waals surface area contributed by atoms with Gasteiger partial charge in [0.25, 0.3) is 0 Å². The van der Waals surface area contributed by atoms with E-state index in [1.807, 2.05) is 36.4 Å². The molecule has 0 fully saturated rings. The molecular weight excluding hydrogens is 514 g/mol. The molecule has 1 aliphatic rings. The molecule has 0 radical (unpaired) electrons. The van der Waals surface area contributed by atoms with Gasteiger partial charge >= 0.3 is 6.09 Å². The highest BCUT2D eigenvalue weighted by atomic mass is 35.5. The maximum absolute atomic E-state index is 15.6. The number of hydrogen-bond donors (Lipinski definition) is 0. The topological polar surface area (TPSA) is 71.8 Å². The first-order valence-electron chi connectivity index (χ1n) is 11.9. The van der Waals surface area contributed by atoms with Gasteiger partial charge in [0.15, 0.2) is 17.2 Å². The van der Waals surface area contributed by atoms with Crippen LogP contribution in [0.25, 0.3) is 11.1 Å². The molecule has 1 atom stereocenters. The first-order chi connectivity index (χ1) is 17.9. The molecule has 198 valence electrons. The highest BCUT2D eigenvalue weighted by Crippen LogP contribution is 2.50. The lowest BCUT2D eigenvalue weighted by atomic mass is 9.85. The van der Waals surface area contributed by atoms with Gasteiger partial charge in [-0.15, -0.1) is 0 Å². The molecule has 0 saturated heterocycles. The maximum atomic E-state index is 15.6. The normalized spacial score (nSPS) is 16.3. The summed E-state index contributed by atoms with van der Waals surface area (Å²) in [6, 6.07) is 15.0. The molecule has 38 heavy (non-hydrogen) atoms. The third-order valence-electron chi connectivity index (χ3n) is 6.25. The number of amides is 1. The Morgan fingerprint density at radius 3 is 2.47 bits per heavy atom. The lowest BCUT2D eigenvalue weighted by Crippen LogP contribution is -2.46. The summed E-state index contributed by atoms with van der Waals surface area (Å²) in [6.45, 7) is 5.32. The zero-order chi connectivity index (χ0) is 27.8. The van der Waals surface area contributed by atoms with Crippen LogP contribution in [-0.4, -0.2) is 37.3 Å². The summed E-state index contributed by atoms with van der Waals surface area (Å²) >= 11 is 6.44. The molecule has 3 aromatic rings. The number of ether oxygens (including phenoxy) is 3. The Labute approximate surface area is 225 Å². The Morgan fingerprint density at radius 1 is 1.18 bits per heavy atom. The number of fused-ring (bicyclic) bond motifs is 1. The van der Waals surface area contributed by atoms with Crippen LogP contribution in [0.5, 0.6) is 11.5 Å².